The summed E-state index contributed by atoms with van der Waals surface area (Å²) in [5.74, 6) is -1.12. The van der Waals surface area contributed by atoms with Crippen LogP contribution in [0.2, 0.25) is 10.0 Å². The standard InChI is InChI=1S/C30H34Cl2FN3O5S/c1-4-17-34-30(38)28(5-2)35(19-21-7-8-22(31)18-27(21)32)29(37)20-36(24-11-9-23(33)10-12-24)42(39,40)26-15-13-25(14-16-26)41-6-3/h7-16,18,28H,4-6,17,19-20H2,1-3H3,(H,34,38). The predicted octanol–water partition coefficient (Wildman–Crippen LogP) is 6.06. The Labute approximate surface area is 256 Å². The van der Waals surface area contributed by atoms with Gasteiger partial charge in [-0.3, -0.25) is 13.9 Å². The average Bonchev–Trinajstić information content (AvgIpc) is 2.96. The fourth-order valence-corrected chi connectivity index (χ4v) is 6.14. The Kier molecular flexibility index (Phi) is 12.0. The number of rotatable bonds is 14. The maximum atomic E-state index is 14.0. The van der Waals surface area contributed by atoms with Gasteiger partial charge in [0, 0.05) is 23.1 Å². The number of carbonyl (C=O) groups is 2. The molecule has 0 aliphatic carbocycles. The van der Waals surface area contributed by atoms with E-state index in [1.165, 1.54) is 47.4 Å². The van der Waals surface area contributed by atoms with Crippen molar-refractivity contribution in [2.24, 2.45) is 0 Å². The number of amides is 2. The largest absolute Gasteiger partial charge is 0.494 e. The van der Waals surface area contributed by atoms with Gasteiger partial charge in [-0.15, -0.1) is 0 Å². The molecule has 3 aromatic carbocycles. The van der Waals surface area contributed by atoms with E-state index in [0.29, 0.717) is 40.9 Å². The molecule has 12 heteroatoms. The van der Waals surface area contributed by atoms with Crippen molar-refractivity contribution in [3.63, 3.8) is 0 Å². The zero-order valence-electron chi connectivity index (χ0n) is 23.6. The predicted molar refractivity (Wildman–Crippen MR) is 163 cm³/mol. The second kappa shape index (κ2) is 15.2. The summed E-state index contributed by atoms with van der Waals surface area (Å²) < 4.78 is 48.0. The van der Waals surface area contributed by atoms with Crippen LogP contribution in [-0.2, 0) is 26.2 Å². The minimum atomic E-state index is -4.32. The van der Waals surface area contributed by atoms with Gasteiger partial charge in [-0.1, -0.05) is 43.1 Å². The molecule has 1 N–H and O–H groups in total. The van der Waals surface area contributed by atoms with E-state index >= 15 is 0 Å². The van der Waals surface area contributed by atoms with Gasteiger partial charge >= 0.3 is 0 Å². The maximum Gasteiger partial charge on any atom is 0.264 e. The summed E-state index contributed by atoms with van der Waals surface area (Å²) in [4.78, 5) is 28.4. The molecule has 42 heavy (non-hydrogen) atoms. The lowest BCUT2D eigenvalue weighted by Crippen LogP contribution is -2.52. The molecule has 3 aromatic rings. The molecule has 0 saturated heterocycles. The number of sulfonamides is 1. The first-order chi connectivity index (χ1) is 20.0. The van der Waals surface area contributed by atoms with Gasteiger partial charge in [0.05, 0.1) is 17.2 Å². The first kappa shape index (κ1) is 33.2. The van der Waals surface area contributed by atoms with E-state index in [9.17, 15) is 22.4 Å². The van der Waals surface area contributed by atoms with Gasteiger partial charge in [-0.25, -0.2) is 12.8 Å². The Hall–Kier alpha value is -3.34. The molecule has 0 aliphatic rings. The van der Waals surface area contributed by atoms with E-state index in [0.717, 1.165) is 16.4 Å². The quantitative estimate of drug-likeness (QED) is 0.232. The van der Waals surface area contributed by atoms with Gasteiger partial charge in [-0.05, 0) is 86.0 Å². The number of anilines is 1. The first-order valence-electron chi connectivity index (χ1n) is 13.5. The molecule has 8 nitrogen and oxygen atoms in total. The minimum Gasteiger partial charge on any atom is -0.494 e. The summed E-state index contributed by atoms with van der Waals surface area (Å²) in [6, 6.07) is 14.4. The van der Waals surface area contributed by atoms with Crippen molar-refractivity contribution in [3.8, 4) is 5.75 Å². The topological polar surface area (TPSA) is 96.0 Å². The fourth-order valence-electron chi connectivity index (χ4n) is 4.26. The summed E-state index contributed by atoms with van der Waals surface area (Å²) >= 11 is 12.5. The summed E-state index contributed by atoms with van der Waals surface area (Å²) in [6.45, 7) is 5.55. The number of nitrogens with one attached hydrogen (secondary N) is 1. The Morgan fingerprint density at radius 2 is 1.64 bits per heavy atom. The molecule has 0 fully saturated rings. The van der Waals surface area contributed by atoms with Gasteiger partial charge in [0.15, 0.2) is 0 Å². The van der Waals surface area contributed by atoms with Gasteiger partial charge in [0.2, 0.25) is 11.8 Å². The molecule has 2 amide bonds. The Morgan fingerprint density at radius 1 is 0.976 bits per heavy atom. The van der Waals surface area contributed by atoms with E-state index < -0.39 is 34.3 Å². The third-order valence-electron chi connectivity index (χ3n) is 6.41. The smallest absolute Gasteiger partial charge is 0.264 e. The van der Waals surface area contributed by atoms with Crippen molar-refractivity contribution >= 4 is 50.7 Å². The SMILES string of the molecule is CCCNC(=O)C(CC)N(Cc1ccc(Cl)cc1Cl)C(=O)CN(c1ccc(F)cc1)S(=O)(=O)c1ccc(OCC)cc1. The number of nitrogens with zero attached hydrogens (tertiary/aromatic N) is 2. The van der Waals surface area contributed by atoms with Crippen molar-refractivity contribution in [2.75, 3.05) is 24.0 Å². The highest BCUT2D eigenvalue weighted by molar-refractivity contribution is 7.92. The second-order valence-corrected chi connectivity index (χ2v) is 12.1. The summed E-state index contributed by atoms with van der Waals surface area (Å²) in [5.41, 5.74) is 0.602. The highest BCUT2D eigenvalue weighted by Gasteiger charge is 2.34. The van der Waals surface area contributed by atoms with Crippen LogP contribution >= 0.6 is 23.2 Å². The van der Waals surface area contributed by atoms with Crippen molar-refractivity contribution in [1.82, 2.24) is 10.2 Å². The molecule has 0 saturated carbocycles. The number of hydrogen-bond donors (Lipinski definition) is 1. The van der Waals surface area contributed by atoms with Crippen LogP contribution < -0.4 is 14.4 Å². The van der Waals surface area contributed by atoms with E-state index in [1.54, 1.807) is 19.1 Å². The van der Waals surface area contributed by atoms with Gasteiger partial charge in [0.1, 0.15) is 24.2 Å². The number of carbonyl (C=O) groups excluding carboxylic acids is 2. The summed E-state index contributed by atoms with van der Waals surface area (Å²) in [5, 5.41) is 3.51. The molecule has 0 aromatic heterocycles. The van der Waals surface area contributed by atoms with Crippen molar-refractivity contribution < 1.29 is 27.1 Å². The molecule has 3 rings (SSSR count). The van der Waals surface area contributed by atoms with Crippen molar-refractivity contribution in [3.05, 3.63) is 88.2 Å². The molecule has 0 radical (unpaired) electrons. The molecule has 226 valence electrons. The third-order valence-corrected chi connectivity index (χ3v) is 8.78. The van der Waals surface area contributed by atoms with E-state index in [1.807, 2.05) is 13.8 Å². The third kappa shape index (κ3) is 8.36. The normalized spacial score (nSPS) is 12.0. The van der Waals surface area contributed by atoms with Crippen molar-refractivity contribution in [2.45, 2.75) is 51.1 Å². The molecule has 0 aliphatic heterocycles. The van der Waals surface area contributed by atoms with Crippen LogP contribution in [0.15, 0.2) is 71.6 Å². The highest BCUT2D eigenvalue weighted by Crippen LogP contribution is 2.28. The van der Waals surface area contributed by atoms with Crippen LogP contribution in [0.3, 0.4) is 0 Å². The van der Waals surface area contributed by atoms with E-state index in [2.05, 4.69) is 5.32 Å². The summed E-state index contributed by atoms with van der Waals surface area (Å²) in [6.07, 6.45) is 0.951. The Bertz CT molecular complexity index is 1470. The van der Waals surface area contributed by atoms with Gasteiger partial charge in [-0.2, -0.15) is 0 Å². The van der Waals surface area contributed by atoms with Crippen LogP contribution in [-0.4, -0.2) is 50.9 Å². The van der Waals surface area contributed by atoms with Crippen LogP contribution in [0.5, 0.6) is 5.75 Å². The molecule has 1 atom stereocenters. The van der Waals surface area contributed by atoms with E-state index in [-0.39, 0.29) is 29.5 Å². The molecule has 0 spiro atoms. The van der Waals surface area contributed by atoms with Crippen LogP contribution in [0.25, 0.3) is 0 Å². The van der Waals surface area contributed by atoms with Gasteiger partial charge in [0.25, 0.3) is 10.0 Å². The molecular formula is C30H34Cl2FN3O5S. The molecule has 0 heterocycles. The molecular weight excluding hydrogens is 604 g/mol. The molecule has 1 unspecified atom stereocenters. The zero-order chi connectivity index (χ0) is 30.9. The highest BCUT2D eigenvalue weighted by atomic mass is 35.5. The lowest BCUT2D eigenvalue weighted by Gasteiger charge is -2.33. The van der Waals surface area contributed by atoms with Gasteiger partial charge < -0.3 is 15.0 Å². The van der Waals surface area contributed by atoms with Crippen LogP contribution in [0, 0.1) is 5.82 Å². The monoisotopic (exact) mass is 637 g/mol. The number of halogens is 3. The number of benzene rings is 3. The van der Waals surface area contributed by atoms with Crippen molar-refractivity contribution in [1.29, 1.82) is 0 Å². The van der Waals surface area contributed by atoms with Crippen LogP contribution in [0.1, 0.15) is 39.2 Å². The van der Waals surface area contributed by atoms with E-state index in [4.69, 9.17) is 27.9 Å². The number of hydrogen-bond acceptors (Lipinski definition) is 5. The average molecular weight is 639 g/mol. The second-order valence-electron chi connectivity index (χ2n) is 9.36. The lowest BCUT2D eigenvalue weighted by atomic mass is 10.1. The lowest BCUT2D eigenvalue weighted by molar-refractivity contribution is -0.140. The summed E-state index contributed by atoms with van der Waals surface area (Å²) in [7, 11) is -4.32. The van der Waals surface area contributed by atoms with Crippen LogP contribution in [0.4, 0.5) is 10.1 Å². The maximum absolute atomic E-state index is 14.0. The minimum absolute atomic E-state index is 0.0755. The fraction of sp³-hybridized carbons (Fsp3) is 0.333. The first-order valence-corrected chi connectivity index (χ1v) is 15.7. The Balaban J connectivity index is 2.06. The Morgan fingerprint density at radius 3 is 2.21 bits per heavy atom. The zero-order valence-corrected chi connectivity index (χ0v) is 26.0. The molecule has 0 bridgehead atoms. The number of ether oxygens (including phenoxy) is 1.